The summed E-state index contributed by atoms with van der Waals surface area (Å²) < 4.78 is 0. The molecule has 6 heteroatoms. The third-order valence-electron chi connectivity index (χ3n) is 2.17. The number of hydrogen-bond donors (Lipinski definition) is 2. The van der Waals surface area contributed by atoms with Crippen molar-refractivity contribution in [3.05, 3.63) is 45.4 Å². The zero-order chi connectivity index (χ0) is 12.3. The SMILES string of the molecule is NC(=S)c1ccc(NCc2nccs2)c(Cl)c1. The molecule has 2 rings (SSSR count). The number of nitrogens with zero attached hydrogens (tertiary/aromatic N) is 1. The van der Waals surface area contributed by atoms with Crippen molar-refractivity contribution in [2.45, 2.75) is 6.54 Å². The lowest BCUT2D eigenvalue weighted by molar-refractivity contribution is 1.10. The van der Waals surface area contributed by atoms with Crippen molar-refractivity contribution in [3.63, 3.8) is 0 Å². The predicted octanol–water partition coefficient (Wildman–Crippen LogP) is 3.04. The number of benzene rings is 1. The van der Waals surface area contributed by atoms with Crippen LogP contribution in [0.3, 0.4) is 0 Å². The first-order chi connectivity index (χ1) is 8.16. The Kier molecular flexibility index (Phi) is 3.93. The van der Waals surface area contributed by atoms with Gasteiger partial charge in [0.15, 0.2) is 0 Å². The van der Waals surface area contributed by atoms with E-state index in [0.29, 0.717) is 16.6 Å². The van der Waals surface area contributed by atoms with E-state index in [4.69, 9.17) is 29.6 Å². The second kappa shape index (κ2) is 5.44. The van der Waals surface area contributed by atoms with Crippen LogP contribution in [-0.4, -0.2) is 9.97 Å². The fourth-order valence-electron chi connectivity index (χ4n) is 1.32. The smallest absolute Gasteiger partial charge is 0.112 e. The van der Waals surface area contributed by atoms with Crippen LogP contribution in [0.1, 0.15) is 10.6 Å². The zero-order valence-electron chi connectivity index (χ0n) is 8.81. The minimum Gasteiger partial charge on any atom is -0.389 e. The highest BCUT2D eigenvalue weighted by molar-refractivity contribution is 7.80. The zero-order valence-corrected chi connectivity index (χ0v) is 11.2. The highest BCUT2D eigenvalue weighted by Gasteiger charge is 2.04. The lowest BCUT2D eigenvalue weighted by atomic mass is 10.2. The van der Waals surface area contributed by atoms with E-state index in [0.717, 1.165) is 16.3 Å². The highest BCUT2D eigenvalue weighted by atomic mass is 35.5. The number of aromatic nitrogens is 1. The van der Waals surface area contributed by atoms with Gasteiger partial charge in [-0.25, -0.2) is 4.98 Å². The number of thiazole rings is 1. The molecule has 0 atom stereocenters. The number of anilines is 1. The van der Waals surface area contributed by atoms with Gasteiger partial charge in [-0.15, -0.1) is 11.3 Å². The van der Waals surface area contributed by atoms with Crippen molar-refractivity contribution in [1.82, 2.24) is 4.98 Å². The summed E-state index contributed by atoms with van der Waals surface area (Å²) in [4.78, 5) is 4.52. The normalized spacial score (nSPS) is 10.2. The van der Waals surface area contributed by atoms with Crippen molar-refractivity contribution in [2.75, 3.05) is 5.32 Å². The molecule has 3 N–H and O–H groups in total. The molecule has 0 fully saturated rings. The fraction of sp³-hybridized carbons (Fsp3) is 0.0909. The molecule has 0 saturated heterocycles. The Hall–Kier alpha value is -1.17. The summed E-state index contributed by atoms with van der Waals surface area (Å²) in [6.07, 6.45) is 1.78. The first-order valence-corrected chi connectivity index (χ1v) is 6.55. The molecular formula is C11H10ClN3S2. The summed E-state index contributed by atoms with van der Waals surface area (Å²) in [6, 6.07) is 5.47. The van der Waals surface area contributed by atoms with Crippen molar-refractivity contribution in [2.24, 2.45) is 5.73 Å². The topological polar surface area (TPSA) is 50.9 Å². The number of nitrogens with one attached hydrogen (secondary N) is 1. The highest BCUT2D eigenvalue weighted by Crippen LogP contribution is 2.23. The van der Waals surface area contributed by atoms with Crippen LogP contribution >= 0.6 is 35.2 Å². The van der Waals surface area contributed by atoms with Gasteiger partial charge >= 0.3 is 0 Å². The molecular weight excluding hydrogens is 274 g/mol. The van der Waals surface area contributed by atoms with Crippen molar-refractivity contribution in [1.29, 1.82) is 0 Å². The Morgan fingerprint density at radius 2 is 2.35 bits per heavy atom. The van der Waals surface area contributed by atoms with Crippen LogP contribution in [0.4, 0.5) is 5.69 Å². The average molecular weight is 284 g/mol. The lowest BCUT2D eigenvalue weighted by Gasteiger charge is -2.08. The quantitative estimate of drug-likeness (QED) is 0.847. The van der Waals surface area contributed by atoms with E-state index in [9.17, 15) is 0 Å². The molecule has 0 aliphatic carbocycles. The van der Waals surface area contributed by atoms with Crippen LogP contribution in [0.25, 0.3) is 0 Å². The molecule has 88 valence electrons. The van der Waals surface area contributed by atoms with E-state index in [2.05, 4.69) is 10.3 Å². The molecule has 3 nitrogen and oxygen atoms in total. The van der Waals surface area contributed by atoms with Crippen LogP contribution in [0.2, 0.25) is 5.02 Å². The second-order valence-corrected chi connectivity index (χ2v) is 5.16. The van der Waals surface area contributed by atoms with Crippen LogP contribution in [0, 0.1) is 0 Å². The minimum absolute atomic E-state index is 0.346. The number of hydrogen-bond acceptors (Lipinski definition) is 4. The predicted molar refractivity (Wildman–Crippen MR) is 76.8 cm³/mol. The van der Waals surface area contributed by atoms with Crippen molar-refractivity contribution >= 4 is 45.8 Å². The Balaban J connectivity index is 2.09. The van der Waals surface area contributed by atoms with Crippen molar-refractivity contribution < 1.29 is 0 Å². The Morgan fingerprint density at radius 1 is 1.53 bits per heavy atom. The number of rotatable bonds is 4. The average Bonchev–Trinajstić information content (AvgIpc) is 2.80. The molecule has 0 unspecified atom stereocenters. The summed E-state index contributed by atoms with van der Waals surface area (Å²) in [5.41, 5.74) is 7.15. The Labute approximate surface area is 114 Å². The Bertz CT molecular complexity index is 526. The van der Waals surface area contributed by atoms with E-state index in [1.54, 1.807) is 23.6 Å². The monoisotopic (exact) mass is 283 g/mol. The van der Waals surface area contributed by atoms with Gasteiger partial charge in [0.2, 0.25) is 0 Å². The maximum absolute atomic E-state index is 6.12. The van der Waals surface area contributed by atoms with E-state index in [1.165, 1.54) is 0 Å². The van der Waals surface area contributed by atoms with Gasteiger partial charge in [0, 0.05) is 17.1 Å². The number of halogens is 1. The van der Waals surface area contributed by atoms with Crippen LogP contribution in [0.15, 0.2) is 29.8 Å². The molecule has 2 aromatic rings. The molecule has 1 aromatic carbocycles. The van der Waals surface area contributed by atoms with Crippen LogP contribution in [-0.2, 0) is 6.54 Å². The summed E-state index contributed by atoms with van der Waals surface area (Å²) in [5.74, 6) is 0. The summed E-state index contributed by atoms with van der Waals surface area (Å²) in [7, 11) is 0. The largest absolute Gasteiger partial charge is 0.389 e. The van der Waals surface area contributed by atoms with Gasteiger partial charge in [0.25, 0.3) is 0 Å². The fourth-order valence-corrected chi connectivity index (χ4v) is 2.25. The van der Waals surface area contributed by atoms with Gasteiger partial charge in [-0.3, -0.25) is 0 Å². The molecule has 0 saturated carbocycles. The second-order valence-electron chi connectivity index (χ2n) is 3.34. The van der Waals surface area contributed by atoms with Crippen LogP contribution < -0.4 is 11.1 Å². The van der Waals surface area contributed by atoms with Gasteiger partial charge < -0.3 is 11.1 Å². The van der Waals surface area contributed by atoms with E-state index >= 15 is 0 Å². The van der Waals surface area contributed by atoms with Gasteiger partial charge in [0.05, 0.1) is 17.3 Å². The third-order valence-corrected chi connectivity index (χ3v) is 3.50. The molecule has 0 aliphatic heterocycles. The van der Waals surface area contributed by atoms with E-state index in [1.807, 2.05) is 17.5 Å². The molecule has 0 radical (unpaired) electrons. The Morgan fingerprint density at radius 3 is 2.94 bits per heavy atom. The molecule has 1 heterocycles. The third kappa shape index (κ3) is 3.15. The van der Waals surface area contributed by atoms with E-state index < -0.39 is 0 Å². The summed E-state index contributed by atoms with van der Waals surface area (Å²) in [5, 5.41) is 6.77. The summed E-state index contributed by atoms with van der Waals surface area (Å²) in [6.45, 7) is 0.657. The molecule has 0 spiro atoms. The minimum atomic E-state index is 0.346. The van der Waals surface area contributed by atoms with Crippen LogP contribution in [0.5, 0.6) is 0 Å². The number of nitrogens with two attached hydrogens (primary N) is 1. The maximum Gasteiger partial charge on any atom is 0.112 e. The molecule has 0 aliphatic rings. The first-order valence-electron chi connectivity index (χ1n) is 4.88. The molecule has 0 amide bonds. The maximum atomic E-state index is 6.12. The molecule has 1 aromatic heterocycles. The molecule has 0 bridgehead atoms. The van der Waals surface area contributed by atoms with Gasteiger partial charge in [0.1, 0.15) is 10.00 Å². The lowest BCUT2D eigenvalue weighted by Crippen LogP contribution is -2.09. The van der Waals surface area contributed by atoms with Gasteiger partial charge in [-0.1, -0.05) is 23.8 Å². The van der Waals surface area contributed by atoms with E-state index in [-0.39, 0.29) is 0 Å². The molecule has 17 heavy (non-hydrogen) atoms. The first kappa shape index (κ1) is 12.3. The number of thiocarbonyl (C=S) groups is 1. The standard InChI is InChI=1S/C11H10ClN3S2/c12-8-5-7(11(13)16)1-2-9(8)15-6-10-14-3-4-17-10/h1-5,15H,6H2,(H2,13,16). The summed E-state index contributed by atoms with van der Waals surface area (Å²) >= 11 is 12.6. The van der Waals surface area contributed by atoms with Gasteiger partial charge in [-0.2, -0.15) is 0 Å². The van der Waals surface area contributed by atoms with Gasteiger partial charge in [-0.05, 0) is 18.2 Å². The van der Waals surface area contributed by atoms with Crippen molar-refractivity contribution in [3.8, 4) is 0 Å².